The topological polar surface area (TPSA) is 107 Å². The van der Waals surface area contributed by atoms with Crippen LogP contribution in [0.2, 0.25) is 5.02 Å². The molecule has 2 aromatic rings. The molecule has 162 valence electrons. The van der Waals surface area contributed by atoms with Crippen LogP contribution in [0.3, 0.4) is 0 Å². The molecule has 0 fully saturated rings. The van der Waals surface area contributed by atoms with E-state index in [4.69, 9.17) is 35.8 Å². The van der Waals surface area contributed by atoms with E-state index < -0.39 is 18.5 Å². The number of amides is 1. The number of benzene rings is 2. The minimum atomic E-state index is -0.696. The largest absolute Gasteiger partial charge is 0.495 e. The number of halogens is 1. The Morgan fingerprint density at radius 3 is 2.55 bits per heavy atom. The Hall–Kier alpha value is -3.70. The van der Waals surface area contributed by atoms with Crippen molar-refractivity contribution in [3.05, 3.63) is 52.6 Å². The van der Waals surface area contributed by atoms with Gasteiger partial charge in [0.2, 0.25) is 0 Å². The SMILES string of the molecule is COc1cc(Cl)c(C)cc1NC(=O)COC(=O)/C=C/c1ccc(OCC#N)c(OC)c1. The van der Waals surface area contributed by atoms with Crippen LogP contribution in [0, 0.1) is 18.3 Å². The molecule has 0 aliphatic rings. The molecule has 0 atom stereocenters. The fourth-order valence-corrected chi connectivity index (χ4v) is 2.64. The Bertz CT molecular complexity index is 1030. The zero-order valence-electron chi connectivity index (χ0n) is 17.2. The van der Waals surface area contributed by atoms with Gasteiger partial charge in [-0.3, -0.25) is 4.79 Å². The summed E-state index contributed by atoms with van der Waals surface area (Å²) in [5, 5.41) is 11.7. The predicted molar refractivity (Wildman–Crippen MR) is 115 cm³/mol. The molecular weight excluding hydrogens is 424 g/mol. The van der Waals surface area contributed by atoms with Crippen molar-refractivity contribution in [2.75, 3.05) is 32.8 Å². The first-order chi connectivity index (χ1) is 14.9. The normalized spacial score (nSPS) is 10.3. The summed E-state index contributed by atoms with van der Waals surface area (Å²) >= 11 is 6.04. The smallest absolute Gasteiger partial charge is 0.331 e. The Balaban J connectivity index is 1.93. The molecule has 8 nitrogen and oxygen atoms in total. The van der Waals surface area contributed by atoms with E-state index >= 15 is 0 Å². The number of methoxy groups -OCH3 is 2. The zero-order valence-corrected chi connectivity index (χ0v) is 18.0. The first-order valence-electron chi connectivity index (χ1n) is 9.04. The molecule has 0 aromatic heterocycles. The molecule has 0 saturated carbocycles. The molecule has 1 N–H and O–H groups in total. The highest BCUT2D eigenvalue weighted by atomic mass is 35.5. The van der Waals surface area contributed by atoms with Crippen molar-refractivity contribution in [1.82, 2.24) is 0 Å². The fourth-order valence-electron chi connectivity index (χ4n) is 2.48. The van der Waals surface area contributed by atoms with Crippen molar-refractivity contribution in [1.29, 1.82) is 5.26 Å². The third-order valence-corrected chi connectivity index (χ3v) is 4.40. The van der Waals surface area contributed by atoms with E-state index in [9.17, 15) is 9.59 Å². The van der Waals surface area contributed by atoms with Crippen molar-refractivity contribution in [2.24, 2.45) is 0 Å². The van der Waals surface area contributed by atoms with Gasteiger partial charge in [0.05, 0.1) is 19.9 Å². The minimum absolute atomic E-state index is 0.110. The molecule has 0 aliphatic carbocycles. The lowest BCUT2D eigenvalue weighted by Gasteiger charge is -2.12. The molecule has 31 heavy (non-hydrogen) atoms. The molecule has 9 heteroatoms. The molecule has 0 bridgehead atoms. The van der Waals surface area contributed by atoms with Gasteiger partial charge < -0.3 is 24.3 Å². The number of nitrogens with one attached hydrogen (secondary N) is 1. The number of nitrogens with zero attached hydrogens (tertiary/aromatic N) is 1. The number of carbonyl (C=O) groups excluding carboxylic acids is 2. The number of esters is 1. The van der Waals surface area contributed by atoms with Crippen molar-refractivity contribution in [2.45, 2.75) is 6.92 Å². The number of anilines is 1. The van der Waals surface area contributed by atoms with Gasteiger partial charge in [0.15, 0.2) is 24.7 Å². The van der Waals surface area contributed by atoms with Gasteiger partial charge in [0.25, 0.3) is 5.91 Å². The van der Waals surface area contributed by atoms with E-state index in [1.165, 1.54) is 26.4 Å². The van der Waals surface area contributed by atoms with E-state index in [-0.39, 0.29) is 6.61 Å². The van der Waals surface area contributed by atoms with Crippen molar-refractivity contribution >= 4 is 35.2 Å². The number of ether oxygens (including phenoxy) is 4. The van der Waals surface area contributed by atoms with E-state index in [1.54, 1.807) is 37.3 Å². The third-order valence-electron chi connectivity index (χ3n) is 3.99. The summed E-state index contributed by atoms with van der Waals surface area (Å²) in [5.74, 6) is -0.00223. The van der Waals surface area contributed by atoms with Crippen molar-refractivity contribution < 1.29 is 28.5 Å². The van der Waals surface area contributed by atoms with Crippen LogP contribution in [0.1, 0.15) is 11.1 Å². The van der Waals surface area contributed by atoms with Crippen LogP contribution < -0.4 is 19.5 Å². The summed E-state index contributed by atoms with van der Waals surface area (Å²) in [4.78, 5) is 24.0. The highest BCUT2D eigenvalue weighted by Gasteiger charge is 2.12. The van der Waals surface area contributed by atoms with Crippen LogP contribution in [0.5, 0.6) is 17.2 Å². The first-order valence-corrected chi connectivity index (χ1v) is 9.42. The molecule has 0 saturated heterocycles. The summed E-state index contributed by atoms with van der Waals surface area (Å²) < 4.78 is 20.6. The van der Waals surface area contributed by atoms with Gasteiger partial charge in [-0.05, 0) is 42.3 Å². The van der Waals surface area contributed by atoms with Crippen LogP contribution in [-0.4, -0.2) is 39.3 Å². The summed E-state index contributed by atoms with van der Waals surface area (Å²) in [6.07, 6.45) is 2.69. The van der Waals surface area contributed by atoms with Gasteiger partial charge in [-0.2, -0.15) is 5.26 Å². The molecule has 0 aliphatic heterocycles. The second-order valence-corrected chi connectivity index (χ2v) is 6.56. The van der Waals surface area contributed by atoms with Gasteiger partial charge in [0, 0.05) is 17.2 Å². The Kier molecular flexibility index (Phi) is 8.73. The maximum Gasteiger partial charge on any atom is 0.331 e. The summed E-state index contributed by atoms with van der Waals surface area (Å²) in [5.41, 5.74) is 1.83. The molecule has 2 rings (SSSR count). The van der Waals surface area contributed by atoms with Gasteiger partial charge in [-0.15, -0.1) is 0 Å². The van der Waals surface area contributed by atoms with E-state index in [0.29, 0.717) is 33.5 Å². The predicted octanol–water partition coefficient (Wildman–Crippen LogP) is 3.76. The molecule has 1 amide bonds. The Morgan fingerprint density at radius 2 is 1.87 bits per heavy atom. The molecule has 0 spiro atoms. The van der Waals surface area contributed by atoms with Gasteiger partial charge in [-0.1, -0.05) is 17.7 Å². The van der Waals surface area contributed by atoms with E-state index in [2.05, 4.69) is 5.32 Å². The maximum absolute atomic E-state index is 12.1. The lowest BCUT2D eigenvalue weighted by molar-refractivity contribution is -0.142. The van der Waals surface area contributed by atoms with Crippen LogP contribution in [0.4, 0.5) is 5.69 Å². The number of hydrogen-bond acceptors (Lipinski definition) is 7. The van der Waals surface area contributed by atoms with Crippen LogP contribution in [0.15, 0.2) is 36.4 Å². The van der Waals surface area contributed by atoms with Gasteiger partial charge >= 0.3 is 5.97 Å². The number of carbonyl (C=O) groups is 2. The third kappa shape index (κ3) is 6.94. The van der Waals surface area contributed by atoms with Crippen LogP contribution in [-0.2, 0) is 14.3 Å². The number of aryl methyl sites for hydroxylation is 1. The maximum atomic E-state index is 12.1. The highest BCUT2D eigenvalue weighted by molar-refractivity contribution is 6.31. The fraction of sp³-hybridized carbons (Fsp3) is 0.227. The second-order valence-electron chi connectivity index (χ2n) is 6.15. The molecular formula is C22H21ClN2O6. The lowest BCUT2D eigenvalue weighted by atomic mass is 10.2. The average molecular weight is 445 g/mol. The average Bonchev–Trinajstić information content (AvgIpc) is 2.77. The first kappa shape index (κ1) is 23.6. The highest BCUT2D eigenvalue weighted by Crippen LogP contribution is 2.31. The Labute approximate surface area is 184 Å². The quantitative estimate of drug-likeness (QED) is 0.463. The standard InChI is InChI=1S/C22H21ClN2O6/c1-14-10-17(19(28-2)12-16(14)23)25-21(26)13-31-22(27)7-5-15-4-6-18(30-9-8-24)20(11-15)29-3/h4-7,10-12H,9,13H2,1-3H3,(H,25,26)/b7-5+. The van der Waals surface area contributed by atoms with Gasteiger partial charge in [0.1, 0.15) is 11.8 Å². The van der Waals surface area contributed by atoms with Crippen molar-refractivity contribution in [3.63, 3.8) is 0 Å². The lowest BCUT2D eigenvalue weighted by Crippen LogP contribution is -2.20. The number of nitriles is 1. The zero-order chi connectivity index (χ0) is 22.8. The molecule has 0 unspecified atom stereocenters. The van der Waals surface area contributed by atoms with E-state index in [1.807, 2.05) is 6.07 Å². The van der Waals surface area contributed by atoms with Gasteiger partial charge in [-0.25, -0.2) is 4.79 Å². The molecule has 0 radical (unpaired) electrons. The molecule has 0 heterocycles. The van der Waals surface area contributed by atoms with Crippen LogP contribution >= 0.6 is 11.6 Å². The summed E-state index contributed by atoms with van der Waals surface area (Å²) in [7, 11) is 2.92. The number of rotatable bonds is 9. The minimum Gasteiger partial charge on any atom is -0.495 e. The monoisotopic (exact) mass is 444 g/mol. The number of hydrogen-bond donors (Lipinski definition) is 1. The Morgan fingerprint density at radius 1 is 1.13 bits per heavy atom. The summed E-state index contributed by atoms with van der Waals surface area (Å²) in [6.45, 7) is 1.21. The second kappa shape index (κ2) is 11.5. The van der Waals surface area contributed by atoms with E-state index in [0.717, 1.165) is 5.56 Å². The summed E-state index contributed by atoms with van der Waals surface area (Å²) in [6, 6.07) is 10.1. The van der Waals surface area contributed by atoms with Crippen molar-refractivity contribution in [3.8, 4) is 23.3 Å². The molecule has 2 aromatic carbocycles. The van der Waals surface area contributed by atoms with Crippen LogP contribution in [0.25, 0.3) is 6.08 Å².